The summed E-state index contributed by atoms with van der Waals surface area (Å²) in [6.07, 6.45) is -3.18. The fourth-order valence-electron chi connectivity index (χ4n) is 2.16. The second-order valence-corrected chi connectivity index (χ2v) is 5.01. The molecule has 3 nitrogen and oxygen atoms in total. The molecule has 7 heteroatoms. The maximum Gasteiger partial charge on any atom is 0.433 e. The minimum absolute atomic E-state index is 0.226. The average molecular weight is 325 g/mol. The summed E-state index contributed by atoms with van der Waals surface area (Å²) in [6, 6.07) is 8.21. The number of benzene rings is 1. The molecular weight excluding hydrogens is 317 g/mol. The molecule has 0 aliphatic carbocycles. The lowest BCUT2D eigenvalue weighted by Gasteiger charge is -2.06. The second kappa shape index (κ2) is 5.14. The van der Waals surface area contributed by atoms with Gasteiger partial charge in [-0.2, -0.15) is 13.2 Å². The molecule has 0 fully saturated rings. The first-order valence-electron chi connectivity index (χ1n) is 6.22. The smallest absolute Gasteiger partial charge is 0.359 e. The number of H-pyrrole nitrogens is 1. The molecule has 0 saturated carbocycles. The number of pyridine rings is 1. The Kier molecular flexibility index (Phi) is 3.41. The molecule has 0 amide bonds. The molecule has 3 rings (SSSR count). The minimum Gasteiger partial charge on any atom is -0.359 e. The number of aromatic amines is 1. The van der Waals surface area contributed by atoms with Crippen LogP contribution < -0.4 is 0 Å². The Balaban J connectivity index is 2.09. The highest BCUT2D eigenvalue weighted by Crippen LogP contribution is 2.29. The van der Waals surface area contributed by atoms with Crippen LogP contribution in [-0.4, -0.2) is 15.8 Å². The van der Waals surface area contributed by atoms with Gasteiger partial charge in [0, 0.05) is 17.1 Å². The molecule has 2 heterocycles. The lowest BCUT2D eigenvalue weighted by atomic mass is 10.1. The fourth-order valence-corrected chi connectivity index (χ4v) is 2.39. The first kappa shape index (κ1) is 14.6. The van der Waals surface area contributed by atoms with Crippen LogP contribution >= 0.6 is 11.6 Å². The van der Waals surface area contributed by atoms with Crippen molar-refractivity contribution in [3.63, 3.8) is 0 Å². The number of hydrogen-bond acceptors (Lipinski definition) is 2. The maximum absolute atomic E-state index is 12.7. The Morgan fingerprint density at radius 2 is 1.86 bits per heavy atom. The standard InChI is InChI=1S/C15H8ClF3N2O/c16-10-4-1-3-8-9(7-20-13(8)10)14(22)11-5-2-6-12(21-11)15(17,18)19/h1-7,20H. The van der Waals surface area contributed by atoms with Crippen molar-refractivity contribution >= 4 is 28.3 Å². The van der Waals surface area contributed by atoms with Crippen LogP contribution in [0.4, 0.5) is 13.2 Å². The van der Waals surface area contributed by atoms with Crippen molar-refractivity contribution in [1.29, 1.82) is 0 Å². The number of aromatic nitrogens is 2. The molecule has 0 spiro atoms. The number of rotatable bonds is 2. The third-order valence-corrected chi connectivity index (χ3v) is 3.50. The minimum atomic E-state index is -4.60. The van der Waals surface area contributed by atoms with E-state index in [0.29, 0.717) is 15.9 Å². The topological polar surface area (TPSA) is 45.8 Å². The molecule has 3 aromatic rings. The van der Waals surface area contributed by atoms with Crippen LogP contribution in [0.1, 0.15) is 21.7 Å². The van der Waals surface area contributed by atoms with Crippen LogP contribution in [0.2, 0.25) is 5.02 Å². The van der Waals surface area contributed by atoms with Gasteiger partial charge in [0.05, 0.1) is 10.5 Å². The third-order valence-electron chi connectivity index (χ3n) is 3.18. The van der Waals surface area contributed by atoms with Crippen LogP contribution in [0.5, 0.6) is 0 Å². The predicted molar refractivity (Wildman–Crippen MR) is 76.0 cm³/mol. The summed E-state index contributed by atoms with van der Waals surface area (Å²) in [6.45, 7) is 0. The highest BCUT2D eigenvalue weighted by molar-refractivity contribution is 6.35. The molecule has 0 bridgehead atoms. The number of halogens is 4. The summed E-state index contributed by atoms with van der Waals surface area (Å²) >= 11 is 6.00. The lowest BCUT2D eigenvalue weighted by Crippen LogP contribution is -2.12. The Morgan fingerprint density at radius 3 is 2.59 bits per heavy atom. The SMILES string of the molecule is O=C(c1cccc(C(F)(F)F)n1)c1c[nH]c2c(Cl)cccc12. The van der Waals surface area contributed by atoms with E-state index in [1.165, 1.54) is 12.3 Å². The van der Waals surface area contributed by atoms with Gasteiger partial charge in [-0.25, -0.2) is 4.98 Å². The zero-order valence-corrected chi connectivity index (χ0v) is 11.7. The fraction of sp³-hybridized carbons (Fsp3) is 0.0667. The Morgan fingerprint density at radius 1 is 1.14 bits per heavy atom. The number of carbonyl (C=O) groups is 1. The zero-order chi connectivity index (χ0) is 15.9. The number of alkyl halides is 3. The Hall–Kier alpha value is -2.34. The monoisotopic (exact) mass is 324 g/mol. The molecule has 0 unspecified atom stereocenters. The molecule has 0 saturated heterocycles. The molecule has 1 aromatic carbocycles. The van der Waals surface area contributed by atoms with Gasteiger partial charge in [0.1, 0.15) is 11.4 Å². The Labute approximate surface area is 127 Å². The van der Waals surface area contributed by atoms with E-state index in [1.54, 1.807) is 18.2 Å². The van der Waals surface area contributed by atoms with Gasteiger partial charge in [0.2, 0.25) is 5.78 Å². The number of hydrogen-bond donors (Lipinski definition) is 1. The largest absolute Gasteiger partial charge is 0.433 e. The molecule has 2 aromatic heterocycles. The van der Waals surface area contributed by atoms with Crippen molar-refractivity contribution in [1.82, 2.24) is 9.97 Å². The Bertz CT molecular complexity index is 871. The summed E-state index contributed by atoms with van der Waals surface area (Å²) in [5.41, 5.74) is -0.587. The van der Waals surface area contributed by atoms with Gasteiger partial charge in [-0.3, -0.25) is 4.79 Å². The van der Waals surface area contributed by atoms with Gasteiger partial charge in [0.15, 0.2) is 0 Å². The van der Waals surface area contributed by atoms with Crippen LogP contribution in [0.25, 0.3) is 10.9 Å². The van der Waals surface area contributed by atoms with E-state index < -0.39 is 17.7 Å². The summed E-state index contributed by atoms with van der Waals surface area (Å²) in [5, 5.41) is 0.963. The number of fused-ring (bicyclic) bond motifs is 1. The molecule has 0 aliphatic heterocycles. The predicted octanol–water partition coefficient (Wildman–Crippen LogP) is 4.47. The summed E-state index contributed by atoms with van der Waals surface area (Å²) in [5.74, 6) is -0.598. The van der Waals surface area contributed by atoms with Gasteiger partial charge in [-0.05, 0) is 18.2 Å². The van der Waals surface area contributed by atoms with Crippen molar-refractivity contribution in [2.24, 2.45) is 0 Å². The summed E-state index contributed by atoms with van der Waals surface area (Å²) < 4.78 is 38.0. The van der Waals surface area contributed by atoms with Crippen molar-refractivity contribution in [2.75, 3.05) is 0 Å². The highest BCUT2D eigenvalue weighted by atomic mass is 35.5. The zero-order valence-electron chi connectivity index (χ0n) is 10.9. The van der Waals surface area contributed by atoms with Gasteiger partial charge in [0.25, 0.3) is 0 Å². The number of nitrogens with one attached hydrogen (secondary N) is 1. The van der Waals surface area contributed by atoms with Crippen molar-refractivity contribution in [3.8, 4) is 0 Å². The summed E-state index contributed by atoms with van der Waals surface area (Å²) in [7, 11) is 0. The third kappa shape index (κ3) is 2.46. The molecule has 1 N–H and O–H groups in total. The lowest BCUT2D eigenvalue weighted by molar-refractivity contribution is -0.141. The van der Waals surface area contributed by atoms with Crippen molar-refractivity contribution in [3.05, 3.63) is 64.6 Å². The maximum atomic E-state index is 12.7. The van der Waals surface area contributed by atoms with Gasteiger partial charge in [-0.1, -0.05) is 29.8 Å². The molecule has 112 valence electrons. The molecular formula is C15H8ClF3N2O. The van der Waals surface area contributed by atoms with E-state index in [1.807, 2.05) is 0 Å². The second-order valence-electron chi connectivity index (χ2n) is 4.60. The molecule has 0 aliphatic rings. The van der Waals surface area contributed by atoms with E-state index in [4.69, 9.17) is 11.6 Å². The first-order chi connectivity index (χ1) is 10.4. The molecule has 0 radical (unpaired) electrons. The molecule has 0 atom stereocenters. The van der Waals surface area contributed by atoms with Crippen molar-refractivity contribution in [2.45, 2.75) is 6.18 Å². The van der Waals surface area contributed by atoms with Crippen LogP contribution in [0, 0.1) is 0 Å². The highest BCUT2D eigenvalue weighted by Gasteiger charge is 2.33. The van der Waals surface area contributed by atoms with Gasteiger partial charge in [-0.15, -0.1) is 0 Å². The van der Waals surface area contributed by atoms with Crippen LogP contribution in [0.3, 0.4) is 0 Å². The number of ketones is 1. The van der Waals surface area contributed by atoms with Gasteiger partial charge >= 0.3 is 6.18 Å². The van der Waals surface area contributed by atoms with E-state index in [2.05, 4.69) is 9.97 Å². The van der Waals surface area contributed by atoms with Crippen LogP contribution in [-0.2, 0) is 6.18 Å². The average Bonchev–Trinajstić information content (AvgIpc) is 2.91. The van der Waals surface area contributed by atoms with E-state index in [-0.39, 0.29) is 11.3 Å². The number of nitrogens with zero attached hydrogens (tertiary/aromatic N) is 1. The van der Waals surface area contributed by atoms with E-state index >= 15 is 0 Å². The quantitative estimate of drug-likeness (QED) is 0.707. The number of carbonyl (C=O) groups excluding carboxylic acids is 1. The summed E-state index contributed by atoms with van der Waals surface area (Å²) in [4.78, 5) is 18.7. The van der Waals surface area contributed by atoms with Crippen LogP contribution in [0.15, 0.2) is 42.6 Å². The normalized spacial score (nSPS) is 11.8. The van der Waals surface area contributed by atoms with Gasteiger partial charge < -0.3 is 4.98 Å². The first-order valence-corrected chi connectivity index (χ1v) is 6.60. The molecule has 22 heavy (non-hydrogen) atoms. The van der Waals surface area contributed by atoms with Crippen molar-refractivity contribution < 1.29 is 18.0 Å². The van der Waals surface area contributed by atoms with E-state index in [9.17, 15) is 18.0 Å². The van der Waals surface area contributed by atoms with E-state index in [0.717, 1.165) is 12.1 Å². The number of para-hydroxylation sites is 1.